The van der Waals surface area contributed by atoms with E-state index in [1.807, 2.05) is 31.3 Å². The Bertz CT molecular complexity index is 956. The molecular weight excluding hydrogens is 354 g/mol. The van der Waals surface area contributed by atoms with Gasteiger partial charge in [0.1, 0.15) is 5.69 Å². The van der Waals surface area contributed by atoms with Gasteiger partial charge < -0.3 is 15.0 Å². The monoisotopic (exact) mass is 375 g/mol. The Labute approximate surface area is 163 Å². The number of nitrogens with one attached hydrogen (secondary N) is 1. The lowest BCUT2D eigenvalue weighted by Crippen LogP contribution is -2.18. The van der Waals surface area contributed by atoms with Crippen molar-refractivity contribution in [1.29, 1.82) is 0 Å². The molecule has 0 aliphatic rings. The van der Waals surface area contributed by atoms with E-state index in [2.05, 4.69) is 27.3 Å². The summed E-state index contributed by atoms with van der Waals surface area (Å²) in [6.45, 7) is 0.744. The fraction of sp³-hybridized carbons (Fsp3) is 0.136. The van der Waals surface area contributed by atoms with Crippen molar-refractivity contribution in [2.75, 3.05) is 24.4 Å². The zero-order valence-corrected chi connectivity index (χ0v) is 15.8. The molecule has 6 nitrogen and oxygen atoms in total. The van der Waals surface area contributed by atoms with Gasteiger partial charge in [-0.2, -0.15) is 0 Å². The Morgan fingerprint density at radius 2 is 1.82 bits per heavy atom. The lowest BCUT2D eigenvalue weighted by atomic mass is 10.2. The highest BCUT2D eigenvalue weighted by Gasteiger charge is 2.11. The van der Waals surface area contributed by atoms with Crippen LogP contribution in [-0.4, -0.2) is 31.0 Å². The normalized spacial score (nSPS) is 10.2. The molecule has 0 spiro atoms. The van der Waals surface area contributed by atoms with Crippen LogP contribution in [0, 0.1) is 0 Å². The second kappa shape index (κ2) is 8.81. The second-order valence-electron chi connectivity index (χ2n) is 6.27. The standard InChI is InChI=1S/C22H21N3O3/c1-25(15-16-7-4-3-5-8-16)19-11-12-20(23-14-19)21(26)24-18-10-6-9-17(13-18)22(27)28-2/h3-14H,15H2,1-2H3,(H,24,26). The van der Waals surface area contributed by atoms with E-state index in [1.165, 1.54) is 12.7 Å². The van der Waals surface area contributed by atoms with Crippen LogP contribution < -0.4 is 10.2 Å². The largest absolute Gasteiger partial charge is 0.465 e. The Balaban J connectivity index is 1.66. The molecule has 0 unspecified atom stereocenters. The number of amides is 1. The summed E-state index contributed by atoms with van der Waals surface area (Å²) >= 11 is 0. The number of anilines is 2. The van der Waals surface area contributed by atoms with E-state index in [0.717, 1.165) is 12.2 Å². The number of methoxy groups -OCH3 is 1. The minimum Gasteiger partial charge on any atom is -0.465 e. The van der Waals surface area contributed by atoms with Crippen LogP contribution in [0.25, 0.3) is 0 Å². The van der Waals surface area contributed by atoms with Gasteiger partial charge in [0.15, 0.2) is 0 Å². The van der Waals surface area contributed by atoms with Crippen molar-refractivity contribution in [3.63, 3.8) is 0 Å². The molecule has 0 saturated heterocycles. The predicted molar refractivity (Wildman–Crippen MR) is 109 cm³/mol. The number of esters is 1. The zero-order valence-electron chi connectivity index (χ0n) is 15.8. The second-order valence-corrected chi connectivity index (χ2v) is 6.27. The molecule has 6 heteroatoms. The highest BCUT2D eigenvalue weighted by atomic mass is 16.5. The number of carbonyl (C=O) groups excluding carboxylic acids is 2. The topological polar surface area (TPSA) is 71.5 Å². The van der Waals surface area contributed by atoms with Gasteiger partial charge >= 0.3 is 5.97 Å². The molecule has 1 amide bonds. The van der Waals surface area contributed by atoms with Gasteiger partial charge in [-0.05, 0) is 35.9 Å². The number of benzene rings is 2. The minimum absolute atomic E-state index is 0.292. The maximum absolute atomic E-state index is 12.4. The molecule has 1 heterocycles. The molecule has 0 atom stereocenters. The summed E-state index contributed by atoms with van der Waals surface area (Å²) < 4.78 is 4.69. The van der Waals surface area contributed by atoms with Crippen LogP contribution in [0.1, 0.15) is 26.4 Å². The smallest absolute Gasteiger partial charge is 0.337 e. The van der Waals surface area contributed by atoms with Crippen molar-refractivity contribution in [3.05, 3.63) is 89.7 Å². The number of pyridine rings is 1. The zero-order chi connectivity index (χ0) is 19.9. The maximum Gasteiger partial charge on any atom is 0.337 e. The molecular formula is C22H21N3O3. The third-order valence-electron chi connectivity index (χ3n) is 4.23. The number of carbonyl (C=O) groups is 2. The van der Waals surface area contributed by atoms with E-state index in [-0.39, 0.29) is 5.91 Å². The number of hydrogen-bond acceptors (Lipinski definition) is 5. The van der Waals surface area contributed by atoms with E-state index in [0.29, 0.717) is 16.9 Å². The average Bonchev–Trinajstić information content (AvgIpc) is 2.74. The van der Waals surface area contributed by atoms with E-state index < -0.39 is 5.97 Å². The van der Waals surface area contributed by atoms with Crippen LogP contribution in [0.2, 0.25) is 0 Å². The van der Waals surface area contributed by atoms with Crippen molar-refractivity contribution in [2.45, 2.75) is 6.54 Å². The van der Waals surface area contributed by atoms with Gasteiger partial charge in [0, 0.05) is 19.3 Å². The van der Waals surface area contributed by atoms with E-state index in [9.17, 15) is 9.59 Å². The van der Waals surface area contributed by atoms with Gasteiger partial charge in [-0.15, -0.1) is 0 Å². The first-order valence-electron chi connectivity index (χ1n) is 8.77. The molecule has 0 aliphatic heterocycles. The van der Waals surface area contributed by atoms with Crippen LogP contribution in [0.3, 0.4) is 0 Å². The molecule has 1 aromatic heterocycles. The number of ether oxygens (including phenoxy) is 1. The Morgan fingerprint density at radius 1 is 1.04 bits per heavy atom. The molecule has 0 bridgehead atoms. The highest BCUT2D eigenvalue weighted by molar-refractivity contribution is 6.03. The van der Waals surface area contributed by atoms with E-state index >= 15 is 0 Å². The summed E-state index contributed by atoms with van der Waals surface area (Å²) in [6.07, 6.45) is 1.67. The Morgan fingerprint density at radius 3 is 2.50 bits per heavy atom. The third kappa shape index (κ3) is 4.73. The Hall–Kier alpha value is -3.67. The Kier molecular flexibility index (Phi) is 6.01. The molecule has 2 aromatic carbocycles. The molecule has 3 aromatic rings. The summed E-state index contributed by atoms with van der Waals surface area (Å²) in [4.78, 5) is 30.4. The summed E-state index contributed by atoms with van der Waals surface area (Å²) in [6, 6.07) is 20.2. The summed E-state index contributed by atoms with van der Waals surface area (Å²) in [7, 11) is 3.29. The van der Waals surface area contributed by atoms with E-state index in [1.54, 1.807) is 36.5 Å². The molecule has 28 heavy (non-hydrogen) atoms. The molecule has 0 radical (unpaired) electrons. The molecule has 0 aliphatic carbocycles. The first-order valence-corrected chi connectivity index (χ1v) is 8.77. The summed E-state index contributed by atoms with van der Waals surface area (Å²) in [5.41, 5.74) is 3.26. The maximum atomic E-state index is 12.4. The van der Waals surface area contributed by atoms with E-state index in [4.69, 9.17) is 4.74 Å². The average molecular weight is 375 g/mol. The number of rotatable bonds is 6. The van der Waals surface area contributed by atoms with Crippen molar-refractivity contribution in [3.8, 4) is 0 Å². The first kappa shape index (κ1) is 19.1. The van der Waals surface area contributed by atoms with Crippen molar-refractivity contribution in [1.82, 2.24) is 4.98 Å². The van der Waals surface area contributed by atoms with Crippen LogP contribution in [-0.2, 0) is 11.3 Å². The van der Waals surface area contributed by atoms with Gasteiger partial charge in [-0.3, -0.25) is 4.79 Å². The number of nitrogens with zero attached hydrogens (tertiary/aromatic N) is 2. The number of hydrogen-bond donors (Lipinski definition) is 1. The molecule has 1 N–H and O–H groups in total. The van der Waals surface area contributed by atoms with Crippen LogP contribution >= 0.6 is 0 Å². The van der Waals surface area contributed by atoms with Crippen molar-refractivity contribution >= 4 is 23.3 Å². The first-order chi connectivity index (χ1) is 13.6. The quantitative estimate of drug-likeness (QED) is 0.664. The van der Waals surface area contributed by atoms with Gasteiger partial charge in [0.25, 0.3) is 5.91 Å². The minimum atomic E-state index is -0.458. The van der Waals surface area contributed by atoms with Crippen LogP contribution in [0.15, 0.2) is 72.9 Å². The lowest BCUT2D eigenvalue weighted by Gasteiger charge is -2.19. The molecule has 0 fully saturated rings. The SMILES string of the molecule is COC(=O)c1cccc(NC(=O)c2ccc(N(C)Cc3ccccc3)cn2)c1. The summed E-state index contributed by atoms with van der Waals surface area (Å²) in [5, 5.41) is 2.74. The lowest BCUT2D eigenvalue weighted by molar-refractivity contribution is 0.0600. The van der Waals surface area contributed by atoms with Gasteiger partial charge in [-0.1, -0.05) is 36.4 Å². The van der Waals surface area contributed by atoms with Crippen LogP contribution in [0.4, 0.5) is 11.4 Å². The molecule has 3 rings (SSSR count). The summed E-state index contributed by atoms with van der Waals surface area (Å²) in [5.74, 6) is -0.806. The third-order valence-corrected chi connectivity index (χ3v) is 4.23. The van der Waals surface area contributed by atoms with Crippen LogP contribution in [0.5, 0.6) is 0 Å². The molecule has 0 saturated carbocycles. The van der Waals surface area contributed by atoms with Gasteiger partial charge in [0.2, 0.25) is 0 Å². The fourth-order valence-corrected chi connectivity index (χ4v) is 2.73. The number of aromatic nitrogens is 1. The van der Waals surface area contributed by atoms with Crippen molar-refractivity contribution in [2.24, 2.45) is 0 Å². The predicted octanol–water partition coefficient (Wildman–Crippen LogP) is 3.76. The van der Waals surface area contributed by atoms with Crippen molar-refractivity contribution < 1.29 is 14.3 Å². The fourth-order valence-electron chi connectivity index (χ4n) is 2.73. The highest BCUT2D eigenvalue weighted by Crippen LogP contribution is 2.16. The van der Waals surface area contributed by atoms with Gasteiger partial charge in [-0.25, -0.2) is 9.78 Å². The van der Waals surface area contributed by atoms with Gasteiger partial charge in [0.05, 0.1) is 24.6 Å². The molecule has 142 valence electrons.